The quantitative estimate of drug-likeness (QED) is 0.905. The first-order chi connectivity index (χ1) is 8.20. The number of aromatic nitrogens is 2. The molecule has 1 unspecified atom stereocenters. The Bertz CT molecular complexity index is 557. The van der Waals surface area contributed by atoms with E-state index < -0.39 is 0 Å². The zero-order chi connectivity index (χ0) is 12.0. The number of fused-ring (bicyclic) bond motifs is 1. The lowest BCUT2D eigenvalue weighted by Gasteiger charge is -2.13. The monoisotopic (exact) mass is 249 g/mol. The molecule has 17 heavy (non-hydrogen) atoms. The van der Waals surface area contributed by atoms with E-state index in [4.69, 9.17) is 16.6 Å². The Morgan fingerprint density at radius 3 is 2.88 bits per heavy atom. The Kier molecular flexibility index (Phi) is 2.60. The van der Waals surface area contributed by atoms with Crippen LogP contribution in [-0.4, -0.2) is 16.6 Å². The molecule has 1 fully saturated rings. The first-order valence-electron chi connectivity index (χ1n) is 6.05. The standard InChI is InChI=1S/C13H16ClN3/c1-8(15-2)13-16-11-6-3-9(14)7-12(11)17(13)10-4-5-10/h3,6-8,10,15H,4-5H2,1-2H3. The number of hydrogen-bond acceptors (Lipinski definition) is 2. The van der Waals surface area contributed by atoms with Crippen LogP contribution < -0.4 is 5.32 Å². The fraction of sp³-hybridized carbons (Fsp3) is 0.462. The van der Waals surface area contributed by atoms with Crippen LogP contribution in [0.25, 0.3) is 11.0 Å². The molecule has 1 atom stereocenters. The average Bonchev–Trinajstić information content (AvgIpc) is 3.09. The molecule has 90 valence electrons. The summed E-state index contributed by atoms with van der Waals surface area (Å²) in [4.78, 5) is 4.73. The highest BCUT2D eigenvalue weighted by atomic mass is 35.5. The van der Waals surface area contributed by atoms with Crippen LogP contribution in [0.4, 0.5) is 0 Å². The second-order valence-electron chi connectivity index (χ2n) is 4.71. The van der Waals surface area contributed by atoms with Crippen LogP contribution in [-0.2, 0) is 0 Å². The maximum absolute atomic E-state index is 6.08. The molecule has 3 rings (SSSR count). The fourth-order valence-corrected chi connectivity index (χ4v) is 2.40. The Hall–Kier alpha value is -1.06. The van der Waals surface area contributed by atoms with Crippen molar-refractivity contribution >= 4 is 22.6 Å². The molecule has 0 aliphatic heterocycles. The average molecular weight is 250 g/mol. The Balaban J connectivity index is 2.23. The van der Waals surface area contributed by atoms with Gasteiger partial charge in [-0.3, -0.25) is 0 Å². The minimum absolute atomic E-state index is 0.266. The normalized spacial score (nSPS) is 17.6. The van der Waals surface area contributed by atoms with Crippen LogP contribution in [0.1, 0.15) is 37.7 Å². The van der Waals surface area contributed by atoms with Crippen molar-refractivity contribution in [2.45, 2.75) is 31.8 Å². The molecule has 0 saturated heterocycles. The SMILES string of the molecule is CNC(C)c1nc2ccc(Cl)cc2n1C1CC1. The Morgan fingerprint density at radius 2 is 2.24 bits per heavy atom. The molecule has 1 saturated carbocycles. The topological polar surface area (TPSA) is 29.9 Å². The molecule has 1 aliphatic rings. The van der Waals surface area contributed by atoms with Crippen LogP contribution in [0, 0.1) is 0 Å². The number of nitrogens with one attached hydrogen (secondary N) is 1. The van der Waals surface area contributed by atoms with Gasteiger partial charge in [0.2, 0.25) is 0 Å². The van der Waals surface area contributed by atoms with Crippen LogP contribution in [0.15, 0.2) is 18.2 Å². The fourth-order valence-electron chi connectivity index (χ4n) is 2.24. The Morgan fingerprint density at radius 1 is 1.47 bits per heavy atom. The lowest BCUT2D eigenvalue weighted by Crippen LogP contribution is -2.17. The lowest BCUT2D eigenvalue weighted by atomic mass is 10.3. The summed E-state index contributed by atoms with van der Waals surface area (Å²) in [6.45, 7) is 2.14. The van der Waals surface area contributed by atoms with Crippen molar-refractivity contribution in [3.8, 4) is 0 Å². The predicted molar refractivity (Wildman–Crippen MR) is 70.5 cm³/mol. The summed E-state index contributed by atoms with van der Waals surface area (Å²) < 4.78 is 2.35. The van der Waals surface area contributed by atoms with E-state index in [9.17, 15) is 0 Å². The van der Waals surface area contributed by atoms with Gasteiger partial charge in [0.05, 0.1) is 17.1 Å². The van der Waals surface area contributed by atoms with E-state index in [1.165, 1.54) is 12.8 Å². The molecule has 1 aliphatic carbocycles. The molecular weight excluding hydrogens is 234 g/mol. The largest absolute Gasteiger partial charge is 0.324 e. The number of halogens is 1. The summed E-state index contributed by atoms with van der Waals surface area (Å²) >= 11 is 6.08. The molecule has 2 aromatic rings. The van der Waals surface area contributed by atoms with Gasteiger partial charge in [-0.1, -0.05) is 11.6 Å². The van der Waals surface area contributed by atoms with Crippen LogP contribution in [0.2, 0.25) is 5.02 Å². The molecule has 0 radical (unpaired) electrons. The van der Waals surface area contributed by atoms with Gasteiger partial charge in [0.15, 0.2) is 0 Å². The van der Waals surface area contributed by atoms with Crippen molar-refractivity contribution < 1.29 is 0 Å². The van der Waals surface area contributed by atoms with Crippen molar-refractivity contribution in [2.75, 3.05) is 7.05 Å². The Labute approximate surface area is 106 Å². The molecule has 1 aromatic heterocycles. The van der Waals surface area contributed by atoms with Gasteiger partial charge in [-0.05, 0) is 45.0 Å². The number of nitrogens with zero attached hydrogens (tertiary/aromatic N) is 2. The molecule has 1 heterocycles. The first kappa shape index (κ1) is 11.1. The zero-order valence-corrected chi connectivity index (χ0v) is 10.8. The van der Waals surface area contributed by atoms with Crippen molar-refractivity contribution in [2.24, 2.45) is 0 Å². The number of benzene rings is 1. The highest BCUT2D eigenvalue weighted by Crippen LogP contribution is 2.40. The third-order valence-electron chi connectivity index (χ3n) is 3.41. The van der Waals surface area contributed by atoms with Crippen LogP contribution in [0.5, 0.6) is 0 Å². The molecule has 0 spiro atoms. The van der Waals surface area contributed by atoms with Gasteiger partial charge in [0.25, 0.3) is 0 Å². The maximum atomic E-state index is 6.08. The summed E-state index contributed by atoms with van der Waals surface area (Å²) in [6, 6.07) is 6.81. The molecule has 0 amide bonds. The van der Waals surface area contributed by atoms with E-state index in [1.54, 1.807) is 0 Å². The van der Waals surface area contributed by atoms with Crippen LogP contribution in [0.3, 0.4) is 0 Å². The minimum atomic E-state index is 0.266. The van der Waals surface area contributed by atoms with Crippen LogP contribution >= 0.6 is 11.6 Å². The molecule has 1 aromatic carbocycles. The van der Waals surface area contributed by atoms with Gasteiger partial charge >= 0.3 is 0 Å². The van der Waals surface area contributed by atoms with Gasteiger partial charge in [-0.25, -0.2) is 4.98 Å². The zero-order valence-electron chi connectivity index (χ0n) is 10.1. The van der Waals surface area contributed by atoms with Crippen molar-refractivity contribution in [3.63, 3.8) is 0 Å². The molecule has 1 N–H and O–H groups in total. The third kappa shape index (κ3) is 1.83. The summed E-state index contributed by atoms with van der Waals surface area (Å²) in [5, 5.41) is 4.04. The molecule has 3 nitrogen and oxygen atoms in total. The van der Waals surface area contributed by atoms with E-state index >= 15 is 0 Å². The van der Waals surface area contributed by atoms with Gasteiger partial charge in [0, 0.05) is 11.1 Å². The van der Waals surface area contributed by atoms with E-state index in [1.807, 2.05) is 25.2 Å². The van der Waals surface area contributed by atoms with E-state index in [-0.39, 0.29) is 6.04 Å². The maximum Gasteiger partial charge on any atom is 0.127 e. The summed E-state index contributed by atoms with van der Waals surface area (Å²) in [5.41, 5.74) is 2.20. The molecule has 0 bridgehead atoms. The predicted octanol–water partition coefficient (Wildman–Crippen LogP) is 3.31. The number of rotatable bonds is 3. The third-order valence-corrected chi connectivity index (χ3v) is 3.65. The van der Waals surface area contributed by atoms with Crippen molar-refractivity contribution in [1.29, 1.82) is 0 Å². The molecular formula is C13H16ClN3. The summed E-state index contributed by atoms with van der Waals surface area (Å²) in [7, 11) is 1.97. The first-order valence-corrected chi connectivity index (χ1v) is 6.43. The van der Waals surface area contributed by atoms with E-state index in [0.717, 1.165) is 21.9 Å². The second kappa shape index (κ2) is 4.00. The van der Waals surface area contributed by atoms with Crippen molar-refractivity contribution in [1.82, 2.24) is 14.9 Å². The smallest absolute Gasteiger partial charge is 0.127 e. The van der Waals surface area contributed by atoms with Gasteiger partial charge in [-0.15, -0.1) is 0 Å². The van der Waals surface area contributed by atoms with E-state index in [0.29, 0.717) is 6.04 Å². The molecule has 4 heteroatoms. The van der Waals surface area contributed by atoms with E-state index in [2.05, 4.69) is 16.8 Å². The summed E-state index contributed by atoms with van der Waals surface area (Å²) in [6.07, 6.45) is 2.50. The summed E-state index contributed by atoms with van der Waals surface area (Å²) in [5.74, 6) is 1.12. The van der Waals surface area contributed by atoms with Gasteiger partial charge < -0.3 is 9.88 Å². The second-order valence-corrected chi connectivity index (χ2v) is 5.15. The number of imidazole rings is 1. The van der Waals surface area contributed by atoms with Gasteiger partial charge in [-0.2, -0.15) is 0 Å². The van der Waals surface area contributed by atoms with Crippen molar-refractivity contribution in [3.05, 3.63) is 29.0 Å². The van der Waals surface area contributed by atoms with Gasteiger partial charge in [0.1, 0.15) is 5.82 Å². The number of hydrogen-bond donors (Lipinski definition) is 1. The lowest BCUT2D eigenvalue weighted by molar-refractivity contribution is 0.565. The highest BCUT2D eigenvalue weighted by molar-refractivity contribution is 6.31. The minimum Gasteiger partial charge on any atom is -0.324 e. The highest BCUT2D eigenvalue weighted by Gasteiger charge is 2.29.